The normalized spacial score (nSPS) is 20.0. The Hall–Kier alpha value is -2.30. The zero-order valence-corrected chi connectivity index (χ0v) is 16.1. The number of likely N-dealkylation sites (N-methyl/N-ethyl adjacent to an activating group) is 1. The standard InChI is InChI=1S/C17H22N4O5S/c1-3-20-15(22)16(23)21(17(20)24)12-18-8-10-19(11-9-18)27(25,26)14-6-4-13(2)5-7-14/h4-7H,3,8-12H2,1-2H3. The van der Waals surface area contributed by atoms with E-state index in [0.29, 0.717) is 13.1 Å². The molecule has 2 saturated heterocycles. The summed E-state index contributed by atoms with van der Waals surface area (Å²) in [5.41, 5.74) is 0.981. The SMILES string of the molecule is CCN1C(=O)C(=O)N(CN2CCN(S(=O)(=O)c3ccc(C)cc3)CC2)C1=O. The molecule has 2 heterocycles. The van der Waals surface area contributed by atoms with Crippen molar-refractivity contribution in [3.63, 3.8) is 0 Å². The lowest BCUT2D eigenvalue weighted by Crippen LogP contribution is -2.52. The average Bonchev–Trinajstić information content (AvgIpc) is 2.85. The van der Waals surface area contributed by atoms with Crippen molar-refractivity contribution in [2.24, 2.45) is 0 Å². The number of piperazine rings is 1. The third-order valence-corrected chi connectivity index (χ3v) is 6.70. The van der Waals surface area contributed by atoms with Crippen molar-refractivity contribution in [2.75, 3.05) is 39.4 Å². The molecular weight excluding hydrogens is 372 g/mol. The first kappa shape index (κ1) is 19.5. The molecule has 0 unspecified atom stereocenters. The highest BCUT2D eigenvalue weighted by Gasteiger charge is 2.44. The fourth-order valence-electron chi connectivity index (χ4n) is 3.12. The van der Waals surface area contributed by atoms with Gasteiger partial charge in [0.2, 0.25) is 10.0 Å². The smallest absolute Gasteiger partial charge is 0.283 e. The van der Waals surface area contributed by atoms with Gasteiger partial charge in [-0.15, -0.1) is 0 Å². The fraction of sp³-hybridized carbons (Fsp3) is 0.471. The summed E-state index contributed by atoms with van der Waals surface area (Å²) in [4.78, 5) is 39.7. The van der Waals surface area contributed by atoms with Gasteiger partial charge in [-0.05, 0) is 26.0 Å². The molecule has 2 fully saturated rings. The molecule has 146 valence electrons. The van der Waals surface area contributed by atoms with Crippen LogP contribution in [0.25, 0.3) is 0 Å². The van der Waals surface area contributed by atoms with Crippen LogP contribution in [0.1, 0.15) is 12.5 Å². The lowest BCUT2D eigenvalue weighted by Gasteiger charge is -2.35. The molecule has 0 aromatic heterocycles. The largest absolute Gasteiger partial charge is 0.335 e. The Morgan fingerprint density at radius 1 is 0.889 bits per heavy atom. The van der Waals surface area contributed by atoms with Crippen LogP contribution >= 0.6 is 0 Å². The van der Waals surface area contributed by atoms with E-state index in [1.807, 2.05) is 6.92 Å². The Bertz CT molecular complexity index is 860. The van der Waals surface area contributed by atoms with Crippen molar-refractivity contribution in [2.45, 2.75) is 18.7 Å². The molecular formula is C17H22N4O5S. The molecule has 4 amide bonds. The van der Waals surface area contributed by atoms with Crippen LogP contribution < -0.4 is 0 Å². The second kappa shape index (κ2) is 7.37. The molecule has 0 aliphatic carbocycles. The molecule has 27 heavy (non-hydrogen) atoms. The number of hydrogen-bond donors (Lipinski definition) is 0. The number of hydrogen-bond acceptors (Lipinski definition) is 6. The molecule has 2 aliphatic rings. The topological polar surface area (TPSA) is 98.3 Å². The summed E-state index contributed by atoms with van der Waals surface area (Å²) in [6, 6.07) is 6.06. The van der Waals surface area contributed by atoms with Gasteiger partial charge in [-0.1, -0.05) is 17.7 Å². The van der Waals surface area contributed by atoms with Crippen LogP contribution in [-0.4, -0.2) is 84.7 Å². The van der Waals surface area contributed by atoms with Crippen molar-refractivity contribution in [1.29, 1.82) is 0 Å². The van der Waals surface area contributed by atoms with Crippen LogP contribution in [0.5, 0.6) is 0 Å². The number of sulfonamides is 1. The number of urea groups is 1. The summed E-state index contributed by atoms with van der Waals surface area (Å²) >= 11 is 0. The zero-order chi connectivity index (χ0) is 19.8. The van der Waals surface area contributed by atoms with E-state index < -0.39 is 27.9 Å². The molecule has 1 aromatic carbocycles. The second-order valence-electron chi connectivity index (χ2n) is 6.54. The number of amides is 4. The van der Waals surface area contributed by atoms with Gasteiger partial charge in [0.25, 0.3) is 0 Å². The van der Waals surface area contributed by atoms with E-state index in [0.717, 1.165) is 15.4 Å². The van der Waals surface area contributed by atoms with Crippen LogP contribution in [-0.2, 0) is 19.6 Å². The Morgan fingerprint density at radius 2 is 1.44 bits per heavy atom. The minimum atomic E-state index is -3.58. The van der Waals surface area contributed by atoms with Crippen LogP contribution in [0, 0.1) is 6.92 Å². The van der Waals surface area contributed by atoms with Crippen molar-refractivity contribution >= 4 is 27.9 Å². The lowest BCUT2D eigenvalue weighted by atomic mass is 10.2. The van der Waals surface area contributed by atoms with Gasteiger partial charge in [0.15, 0.2) is 0 Å². The minimum absolute atomic E-state index is 0.0155. The molecule has 1 aromatic rings. The molecule has 0 spiro atoms. The molecule has 0 bridgehead atoms. The molecule has 0 saturated carbocycles. The van der Waals surface area contributed by atoms with E-state index in [4.69, 9.17) is 0 Å². The monoisotopic (exact) mass is 394 g/mol. The zero-order valence-electron chi connectivity index (χ0n) is 15.3. The third-order valence-electron chi connectivity index (χ3n) is 4.78. The van der Waals surface area contributed by atoms with E-state index in [2.05, 4.69) is 0 Å². The predicted molar refractivity (Wildman–Crippen MR) is 96.0 cm³/mol. The van der Waals surface area contributed by atoms with Crippen LogP contribution in [0.4, 0.5) is 4.79 Å². The van der Waals surface area contributed by atoms with Gasteiger partial charge in [0.1, 0.15) is 0 Å². The maximum absolute atomic E-state index is 12.7. The van der Waals surface area contributed by atoms with E-state index in [1.165, 1.54) is 4.31 Å². The fourth-order valence-corrected chi connectivity index (χ4v) is 4.55. The number of benzene rings is 1. The van der Waals surface area contributed by atoms with E-state index in [1.54, 1.807) is 36.1 Å². The van der Waals surface area contributed by atoms with Gasteiger partial charge in [0, 0.05) is 32.7 Å². The first-order valence-corrected chi connectivity index (χ1v) is 10.2. The maximum atomic E-state index is 12.7. The lowest BCUT2D eigenvalue weighted by molar-refractivity contribution is -0.143. The molecule has 9 nitrogen and oxygen atoms in total. The Balaban J connectivity index is 1.62. The maximum Gasteiger partial charge on any atom is 0.335 e. The predicted octanol–water partition coefficient (Wildman–Crippen LogP) is 0.0695. The molecule has 0 atom stereocenters. The van der Waals surface area contributed by atoms with Crippen molar-refractivity contribution in [1.82, 2.24) is 19.0 Å². The van der Waals surface area contributed by atoms with Gasteiger partial charge < -0.3 is 0 Å². The molecule has 0 N–H and O–H groups in total. The Labute approximate surface area is 158 Å². The average molecular weight is 394 g/mol. The van der Waals surface area contributed by atoms with Gasteiger partial charge in [-0.3, -0.25) is 19.4 Å². The summed E-state index contributed by atoms with van der Waals surface area (Å²) < 4.78 is 26.8. The van der Waals surface area contributed by atoms with Crippen molar-refractivity contribution in [3.05, 3.63) is 29.8 Å². The van der Waals surface area contributed by atoms with Crippen LogP contribution in [0.15, 0.2) is 29.2 Å². The number of rotatable bonds is 5. The van der Waals surface area contributed by atoms with Gasteiger partial charge in [-0.25, -0.2) is 18.1 Å². The Kier molecular flexibility index (Phi) is 5.31. The highest BCUT2D eigenvalue weighted by Crippen LogP contribution is 2.19. The van der Waals surface area contributed by atoms with Crippen molar-refractivity contribution in [3.8, 4) is 0 Å². The molecule has 0 radical (unpaired) electrons. The van der Waals surface area contributed by atoms with Crippen molar-refractivity contribution < 1.29 is 22.8 Å². The highest BCUT2D eigenvalue weighted by atomic mass is 32.2. The van der Waals surface area contributed by atoms with E-state index >= 15 is 0 Å². The van der Waals surface area contributed by atoms with Gasteiger partial charge in [0.05, 0.1) is 11.6 Å². The molecule has 3 rings (SSSR count). The van der Waals surface area contributed by atoms with Crippen LogP contribution in [0.2, 0.25) is 0 Å². The first-order chi connectivity index (χ1) is 12.8. The first-order valence-electron chi connectivity index (χ1n) is 8.72. The van der Waals surface area contributed by atoms with Crippen LogP contribution in [0.3, 0.4) is 0 Å². The summed E-state index contributed by atoms with van der Waals surface area (Å²) in [5.74, 6) is -1.65. The number of carbonyl (C=O) groups excluding carboxylic acids is 3. The summed E-state index contributed by atoms with van der Waals surface area (Å²) in [7, 11) is -3.58. The van der Waals surface area contributed by atoms with Gasteiger partial charge >= 0.3 is 17.8 Å². The number of carbonyl (C=O) groups is 3. The molecule has 10 heteroatoms. The number of imide groups is 2. The summed E-state index contributed by atoms with van der Waals surface area (Å²) in [6.07, 6.45) is 0. The Morgan fingerprint density at radius 3 is 1.96 bits per heavy atom. The molecule has 2 aliphatic heterocycles. The van der Waals surface area contributed by atoms with E-state index in [-0.39, 0.29) is 31.2 Å². The van der Waals surface area contributed by atoms with Gasteiger partial charge in [-0.2, -0.15) is 4.31 Å². The quantitative estimate of drug-likeness (QED) is 0.518. The highest BCUT2D eigenvalue weighted by molar-refractivity contribution is 7.89. The minimum Gasteiger partial charge on any atom is -0.283 e. The van der Waals surface area contributed by atoms with E-state index in [9.17, 15) is 22.8 Å². The summed E-state index contributed by atoms with van der Waals surface area (Å²) in [6.45, 7) is 4.86. The second-order valence-corrected chi connectivity index (χ2v) is 8.48. The number of aryl methyl sites for hydroxylation is 1. The summed E-state index contributed by atoms with van der Waals surface area (Å²) in [5, 5.41) is 0. The number of nitrogens with zero attached hydrogens (tertiary/aromatic N) is 4. The third kappa shape index (κ3) is 3.60.